The molecule has 3 aromatic rings. The standard InChI is InChI=1S/C27H25NO6/c29-22-16-23(28(17-22)27(32)33-18-19-10-4-1-5-11-19)26(31)34-25(21-14-8-3-9-15-21)24(30)20-12-6-2-7-13-20/h1-15,22-23,25,29H,16-18H2/t22-,23-,25?/m1/s1. The Morgan fingerprint density at radius 1 is 0.882 bits per heavy atom. The Hall–Kier alpha value is -3.97. The lowest BCUT2D eigenvalue weighted by molar-refractivity contribution is -0.152. The van der Waals surface area contributed by atoms with Crippen molar-refractivity contribution in [3.8, 4) is 0 Å². The Morgan fingerprint density at radius 2 is 1.47 bits per heavy atom. The van der Waals surface area contributed by atoms with Crippen LogP contribution < -0.4 is 0 Å². The summed E-state index contributed by atoms with van der Waals surface area (Å²) in [6.45, 7) is -0.0246. The van der Waals surface area contributed by atoms with Crippen molar-refractivity contribution in [3.05, 3.63) is 108 Å². The van der Waals surface area contributed by atoms with Crippen LogP contribution in [0.5, 0.6) is 0 Å². The molecule has 34 heavy (non-hydrogen) atoms. The Balaban J connectivity index is 1.50. The molecule has 3 aromatic carbocycles. The van der Waals surface area contributed by atoms with Crippen molar-refractivity contribution in [1.82, 2.24) is 4.90 Å². The fraction of sp³-hybridized carbons (Fsp3) is 0.222. The van der Waals surface area contributed by atoms with Crippen LogP contribution in [0, 0.1) is 0 Å². The van der Waals surface area contributed by atoms with Crippen LogP contribution in [0.3, 0.4) is 0 Å². The number of hydrogen-bond donors (Lipinski definition) is 1. The van der Waals surface area contributed by atoms with E-state index < -0.39 is 30.3 Å². The third-order valence-corrected chi connectivity index (χ3v) is 5.62. The van der Waals surface area contributed by atoms with E-state index in [0.29, 0.717) is 11.1 Å². The first kappa shape index (κ1) is 23.2. The summed E-state index contributed by atoms with van der Waals surface area (Å²) in [7, 11) is 0. The number of aliphatic hydroxyl groups is 1. The van der Waals surface area contributed by atoms with Gasteiger partial charge < -0.3 is 14.6 Å². The summed E-state index contributed by atoms with van der Waals surface area (Å²) in [6, 6.07) is 25.3. The first-order chi connectivity index (χ1) is 16.5. The molecule has 1 fully saturated rings. The molecule has 1 amide bonds. The first-order valence-corrected chi connectivity index (χ1v) is 11.0. The highest BCUT2D eigenvalue weighted by molar-refractivity contribution is 6.01. The summed E-state index contributed by atoms with van der Waals surface area (Å²) < 4.78 is 11.0. The zero-order valence-electron chi connectivity index (χ0n) is 18.4. The molecule has 0 radical (unpaired) electrons. The monoisotopic (exact) mass is 459 g/mol. The van der Waals surface area contributed by atoms with Crippen molar-refractivity contribution in [2.75, 3.05) is 6.54 Å². The van der Waals surface area contributed by atoms with E-state index in [-0.39, 0.29) is 25.4 Å². The quantitative estimate of drug-likeness (QED) is 0.425. The number of benzene rings is 3. The number of hydrogen-bond acceptors (Lipinski definition) is 6. The van der Waals surface area contributed by atoms with Gasteiger partial charge >= 0.3 is 12.1 Å². The highest BCUT2D eigenvalue weighted by Crippen LogP contribution is 2.27. The smallest absolute Gasteiger partial charge is 0.410 e. The minimum Gasteiger partial charge on any atom is -0.447 e. The molecule has 3 atom stereocenters. The van der Waals surface area contributed by atoms with Crippen LogP contribution in [0.15, 0.2) is 91.0 Å². The molecule has 1 aliphatic heterocycles. The van der Waals surface area contributed by atoms with E-state index in [1.807, 2.05) is 30.3 Å². The van der Waals surface area contributed by atoms with Gasteiger partial charge in [-0.05, 0) is 5.56 Å². The molecule has 0 bridgehead atoms. The summed E-state index contributed by atoms with van der Waals surface area (Å²) in [6.07, 6.45) is -2.81. The van der Waals surface area contributed by atoms with Crippen molar-refractivity contribution < 1.29 is 29.0 Å². The molecule has 174 valence electrons. The number of likely N-dealkylation sites (tertiary alicyclic amines) is 1. The number of nitrogens with zero attached hydrogens (tertiary/aromatic N) is 1. The van der Waals surface area contributed by atoms with Gasteiger partial charge in [0.05, 0.1) is 12.6 Å². The number of ketones is 1. The van der Waals surface area contributed by atoms with Crippen LogP contribution in [0.25, 0.3) is 0 Å². The molecule has 7 nitrogen and oxygen atoms in total. The van der Waals surface area contributed by atoms with Crippen LogP contribution in [0.1, 0.15) is 34.0 Å². The van der Waals surface area contributed by atoms with Gasteiger partial charge in [-0.15, -0.1) is 0 Å². The summed E-state index contributed by atoms with van der Waals surface area (Å²) >= 11 is 0. The van der Waals surface area contributed by atoms with Gasteiger partial charge in [0, 0.05) is 17.5 Å². The van der Waals surface area contributed by atoms with Gasteiger partial charge in [0.2, 0.25) is 5.78 Å². The van der Waals surface area contributed by atoms with Gasteiger partial charge in [0.1, 0.15) is 12.6 Å². The Bertz CT molecular complexity index is 1120. The van der Waals surface area contributed by atoms with E-state index in [4.69, 9.17) is 9.47 Å². The molecule has 0 aromatic heterocycles. The van der Waals surface area contributed by atoms with Gasteiger partial charge in [-0.2, -0.15) is 0 Å². The number of Topliss-reactive ketones (excluding diaryl/α,β-unsaturated/α-hetero) is 1. The Morgan fingerprint density at radius 3 is 2.12 bits per heavy atom. The fourth-order valence-electron chi connectivity index (χ4n) is 3.89. The fourth-order valence-corrected chi connectivity index (χ4v) is 3.89. The van der Waals surface area contributed by atoms with E-state index in [1.165, 1.54) is 0 Å². The summed E-state index contributed by atoms with van der Waals surface area (Å²) in [5.74, 6) is -1.15. The van der Waals surface area contributed by atoms with Crippen LogP contribution in [-0.4, -0.2) is 46.5 Å². The molecular weight excluding hydrogens is 434 g/mol. The number of ether oxygens (including phenoxy) is 2. The SMILES string of the molecule is O=C(c1ccccc1)C(OC(=O)[C@H]1C[C@@H](O)CN1C(=O)OCc1ccccc1)c1ccccc1. The molecule has 0 spiro atoms. The van der Waals surface area contributed by atoms with E-state index in [9.17, 15) is 19.5 Å². The highest BCUT2D eigenvalue weighted by atomic mass is 16.6. The predicted molar refractivity (Wildman–Crippen MR) is 124 cm³/mol. The molecular formula is C27H25NO6. The second kappa shape index (κ2) is 10.8. The number of rotatable bonds is 7. The van der Waals surface area contributed by atoms with E-state index in [2.05, 4.69) is 0 Å². The lowest BCUT2D eigenvalue weighted by Gasteiger charge is -2.25. The minimum atomic E-state index is -1.18. The third kappa shape index (κ3) is 5.50. The van der Waals surface area contributed by atoms with Crippen LogP contribution >= 0.6 is 0 Å². The average molecular weight is 459 g/mol. The molecule has 1 saturated heterocycles. The van der Waals surface area contributed by atoms with Gasteiger partial charge in [-0.25, -0.2) is 9.59 Å². The molecule has 0 saturated carbocycles. The van der Waals surface area contributed by atoms with E-state index >= 15 is 0 Å². The van der Waals surface area contributed by atoms with Crippen molar-refractivity contribution >= 4 is 17.8 Å². The van der Waals surface area contributed by atoms with Gasteiger partial charge in [-0.3, -0.25) is 9.69 Å². The van der Waals surface area contributed by atoms with Gasteiger partial charge in [0.15, 0.2) is 6.10 Å². The number of aliphatic hydroxyl groups excluding tert-OH is 1. The lowest BCUT2D eigenvalue weighted by atomic mass is 9.99. The van der Waals surface area contributed by atoms with Gasteiger partial charge in [-0.1, -0.05) is 91.0 Å². The molecule has 1 N–H and O–H groups in total. The van der Waals surface area contributed by atoms with E-state index in [0.717, 1.165) is 10.5 Å². The maximum atomic E-state index is 13.2. The van der Waals surface area contributed by atoms with Crippen LogP contribution in [0.2, 0.25) is 0 Å². The molecule has 1 aliphatic rings. The van der Waals surface area contributed by atoms with Gasteiger partial charge in [0.25, 0.3) is 0 Å². The molecule has 1 unspecified atom stereocenters. The summed E-state index contributed by atoms with van der Waals surface area (Å²) in [5, 5.41) is 10.2. The minimum absolute atomic E-state index is 0.000305. The highest BCUT2D eigenvalue weighted by Gasteiger charge is 2.42. The summed E-state index contributed by atoms with van der Waals surface area (Å²) in [4.78, 5) is 40.2. The largest absolute Gasteiger partial charge is 0.447 e. The Kier molecular flexibility index (Phi) is 7.34. The topological polar surface area (TPSA) is 93.1 Å². The van der Waals surface area contributed by atoms with E-state index in [1.54, 1.807) is 60.7 Å². The second-order valence-electron chi connectivity index (χ2n) is 8.06. The number of carbonyl (C=O) groups excluding carboxylic acids is 3. The normalized spacial score (nSPS) is 18.2. The lowest BCUT2D eigenvalue weighted by Crippen LogP contribution is -2.42. The molecule has 1 heterocycles. The third-order valence-electron chi connectivity index (χ3n) is 5.62. The zero-order valence-corrected chi connectivity index (χ0v) is 18.4. The van der Waals surface area contributed by atoms with Crippen molar-refractivity contribution in [2.45, 2.75) is 31.3 Å². The summed E-state index contributed by atoms with van der Waals surface area (Å²) in [5.41, 5.74) is 1.71. The molecule has 4 rings (SSSR count). The van der Waals surface area contributed by atoms with Crippen LogP contribution in [0.4, 0.5) is 4.79 Å². The number of carbonyl (C=O) groups is 3. The number of amides is 1. The predicted octanol–water partition coefficient (Wildman–Crippen LogP) is 3.93. The van der Waals surface area contributed by atoms with Crippen molar-refractivity contribution in [1.29, 1.82) is 0 Å². The molecule has 7 heteroatoms. The first-order valence-electron chi connectivity index (χ1n) is 11.0. The Labute approximate surface area is 197 Å². The second-order valence-corrected chi connectivity index (χ2v) is 8.06. The average Bonchev–Trinajstić information content (AvgIpc) is 3.29. The van der Waals surface area contributed by atoms with Crippen molar-refractivity contribution in [3.63, 3.8) is 0 Å². The van der Waals surface area contributed by atoms with Crippen molar-refractivity contribution in [2.24, 2.45) is 0 Å². The zero-order chi connectivity index (χ0) is 23.9. The maximum absolute atomic E-state index is 13.2. The number of β-amino-alcohol motifs (C(OH)–C–C–N with tert-alkyl or cyclic N) is 1. The van der Waals surface area contributed by atoms with Crippen LogP contribution in [-0.2, 0) is 20.9 Å². The number of esters is 1. The molecule has 0 aliphatic carbocycles. The maximum Gasteiger partial charge on any atom is 0.410 e.